The summed E-state index contributed by atoms with van der Waals surface area (Å²) in [6, 6.07) is 7.91. The molecular weight excluding hydrogens is 212 g/mol. The van der Waals surface area contributed by atoms with Gasteiger partial charge in [-0.3, -0.25) is 16.3 Å². The third-order valence-corrected chi connectivity index (χ3v) is 2.64. The highest BCUT2D eigenvalue weighted by Gasteiger charge is 2.10. The summed E-state index contributed by atoms with van der Waals surface area (Å²) in [5.41, 5.74) is 9.17. The second-order valence-corrected chi connectivity index (χ2v) is 3.93. The number of allylic oxidation sites excluding steroid dienone is 3. The Kier molecular flexibility index (Phi) is 3.67. The van der Waals surface area contributed by atoms with Crippen LogP contribution in [0.15, 0.2) is 48.3 Å². The lowest BCUT2D eigenvalue weighted by Crippen LogP contribution is -2.35. The Morgan fingerprint density at radius 2 is 2.18 bits per heavy atom. The summed E-state index contributed by atoms with van der Waals surface area (Å²) in [5.74, 6) is 5.51. The van der Waals surface area contributed by atoms with Gasteiger partial charge >= 0.3 is 0 Å². The molecule has 2 rings (SSSR count). The van der Waals surface area contributed by atoms with Crippen molar-refractivity contribution >= 4 is 11.4 Å². The van der Waals surface area contributed by atoms with E-state index in [1.165, 1.54) is 5.70 Å². The molecule has 17 heavy (non-hydrogen) atoms. The van der Waals surface area contributed by atoms with Gasteiger partial charge in [0.2, 0.25) is 0 Å². The zero-order chi connectivity index (χ0) is 12.1. The third-order valence-electron chi connectivity index (χ3n) is 2.64. The molecule has 0 radical (unpaired) electrons. The molecule has 1 aromatic rings. The average molecular weight is 230 g/mol. The molecule has 1 aliphatic rings. The van der Waals surface area contributed by atoms with Crippen LogP contribution in [0.4, 0.5) is 11.4 Å². The van der Waals surface area contributed by atoms with Crippen molar-refractivity contribution in [1.82, 2.24) is 5.43 Å². The van der Waals surface area contributed by atoms with E-state index >= 15 is 0 Å². The Bertz CT molecular complexity index is 437. The molecule has 4 N–H and O–H groups in total. The van der Waals surface area contributed by atoms with E-state index in [1.54, 1.807) is 0 Å². The number of rotatable bonds is 4. The lowest BCUT2D eigenvalue weighted by molar-refractivity contribution is 0.734. The van der Waals surface area contributed by atoms with Crippen LogP contribution in [0.25, 0.3) is 0 Å². The largest absolute Gasteiger partial charge is 0.322 e. The summed E-state index contributed by atoms with van der Waals surface area (Å²) in [5, 5.41) is 1.97. The molecule has 4 heteroatoms. The van der Waals surface area contributed by atoms with E-state index in [0.717, 1.165) is 24.2 Å². The molecule has 0 aromatic heterocycles. The van der Waals surface area contributed by atoms with Gasteiger partial charge in [-0.25, -0.2) is 0 Å². The highest BCUT2D eigenvalue weighted by molar-refractivity contribution is 5.70. The van der Waals surface area contributed by atoms with Gasteiger partial charge in [-0.15, -0.1) is 0 Å². The number of hydrogen-bond acceptors (Lipinski definition) is 4. The molecule has 1 aliphatic heterocycles. The molecule has 4 nitrogen and oxygen atoms in total. The molecule has 0 unspecified atom stereocenters. The highest BCUT2D eigenvalue weighted by atomic mass is 15.5. The van der Waals surface area contributed by atoms with Crippen molar-refractivity contribution in [2.45, 2.75) is 19.8 Å². The predicted octanol–water partition coefficient (Wildman–Crippen LogP) is 2.49. The first-order valence-electron chi connectivity index (χ1n) is 5.84. The van der Waals surface area contributed by atoms with E-state index in [4.69, 9.17) is 5.84 Å². The maximum atomic E-state index is 5.51. The number of hydrogen-bond donors (Lipinski definition) is 3. The molecule has 0 atom stereocenters. The quantitative estimate of drug-likeness (QED) is 0.549. The van der Waals surface area contributed by atoms with E-state index in [1.807, 2.05) is 41.6 Å². The van der Waals surface area contributed by atoms with Crippen LogP contribution in [-0.4, -0.2) is 0 Å². The zero-order valence-electron chi connectivity index (χ0n) is 9.98. The maximum Gasteiger partial charge on any atom is 0.0867 e. The van der Waals surface area contributed by atoms with Crippen molar-refractivity contribution in [3.63, 3.8) is 0 Å². The van der Waals surface area contributed by atoms with Crippen LogP contribution >= 0.6 is 0 Å². The van der Waals surface area contributed by atoms with Gasteiger partial charge in [-0.2, -0.15) is 0 Å². The first-order valence-corrected chi connectivity index (χ1v) is 5.84. The monoisotopic (exact) mass is 230 g/mol. The second-order valence-electron chi connectivity index (χ2n) is 3.93. The number of para-hydroxylation sites is 2. The Morgan fingerprint density at radius 3 is 2.94 bits per heavy atom. The number of benzene rings is 1. The molecular formula is C13H18N4. The minimum Gasteiger partial charge on any atom is -0.322 e. The van der Waals surface area contributed by atoms with E-state index in [-0.39, 0.29) is 0 Å². The summed E-state index contributed by atoms with van der Waals surface area (Å²) in [4.78, 5) is 0. The van der Waals surface area contributed by atoms with Crippen molar-refractivity contribution in [3.8, 4) is 0 Å². The van der Waals surface area contributed by atoms with Crippen LogP contribution in [0.3, 0.4) is 0 Å². The number of hydrazine groups is 2. The fraction of sp³-hybridized carbons (Fsp3) is 0.231. The molecule has 0 aliphatic carbocycles. The molecule has 0 spiro atoms. The number of anilines is 2. The van der Waals surface area contributed by atoms with E-state index < -0.39 is 0 Å². The summed E-state index contributed by atoms with van der Waals surface area (Å²) in [6.45, 7) is 2.17. The van der Waals surface area contributed by atoms with Crippen LogP contribution in [0.2, 0.25) is 0 Å². The highest BCUT2D eigenvalue weighted by Crippen LogP contribution is 2.25. The summed E-state index contributed by atoms with van der Waals surface area (Å²) in [7, 11) is 0. The van der Waals surface area contributed by atoms with Crippen molar-refractivity contribution < 1.29 is 0 Å². The zero-order valence-corrected chi connectivity index (χ0v) is 9.98. The number of nitrogen functional groups attached to an aromatic ring is 1. The van der Waals surface area contributed by atoms with Crippen molar-refractivity contribution in [3.05, 3.63) is 48.3 Å². The Hall–Kier alpha value is -1.94. The van der Waals surface area contributed by atoms with E-state index in [0.29, 0.717) is 0 Å². The van der Waals surface area contributed by atoms with Crippen molar-refractivity contribution in [1.29, 1.82) is 0 Å². The molecule has 0 fully saturated rings. The molecule has 1 heterocycles. The standard InChI is InChI=1S/C13H18N4/c1-2-6-11-7-5-10-17(16-11)13-9-4-3-8-12(13)15-14/h3-5,7-10,15-16H,2,6,14H2,1H3. The lowest BCUT2D eigenvalue weighted by Gasteiger charge is -2.28. The Labute approximate surface area is 102 Å². The minimum absolute atomic E-state index is 0.891. The van der Waals surface area contributed by atoms with E-state index in [2.05, 4.69) is 23.9 Å². The van der Waals surface area contributed by atoms with Crippen LogP contribution in [0, 0.1) is 0 Å². The second kappa shape index (κ2) is 5.41. The van der Waals surface area contributed by atoms with Crippen LogP contribution in [0.5, 0.6) is 0 Å². The van der Waals surface area contributed by atoms with Gasteiger partial charge in [-0.05, 0) is 30.7 Å². The normalized spacial score (nSPS) is 14.2. The summed E-state index contributed by atoms with van der Waals surface area (Å²) >= 11 is 0. The van der Waals surface area contributed by atoms with Gasteiger partial charge in [0.1, 0.15) is 0 Å². The average Bonchev–Trinajstić information content (AvgIpc) is 2.39. The smallest absolute Gasteiger partial charge is 0.0867 e. The maximum absolute atomic E-state index is 5.51. The van der Waals surface area contributed by atoms with Gasteiger partial charge in [0.25, 0.3) is 0 Å². The Morgan fingerprint density at radius 1 is 1.35 bits per heavy atom. The lowest BCUT2D eigenvalue weighted by atomic mass is 10.2. The third kappa shape index (κ3) is 2.60. The van der Waals surface area contributed by atoms with E-state index in [9.17, 15) is 0 Å². The molecule has 0 saturated heterocycles. The van der Waals surface area contributed by atoms with Gasteiger partial charge in [-0.1, -0.05) is 25.5 Å². The Balaban J connectivity index is 2.19. The number of nitrogens with two attached hydrogens (primary N) is 1. The topological polar surface area (TPSA) is 53.3 Å². The van der Waals surface area contributed by atoms with Crippen LogP contribution in [-0.2, 0) is 0 Å². The fourth-order valence-corrected chi connectivity index (χ4v) is 1.83. The van der Waals surface area contributed by atoms with Gasteiger partial charge in [0.05, 0.1) is 11.4 Å². The fourth-order valence-electron chi connectivity index (χ4n) is 1.83. The summed E-state index contributed by atoms with van der Waals surface area (Å²) in [6.07, 6.45) is 8.28. The molecule has 90 valence electrons. The summed E-state index contributed by atoms with van der Waals surface area (Å²) < 4.78 is 0. The minimum atomic E-state index is 0.891. The van der Waals surface area contributed by atoms with Gasteiger partial charge < -0.3 is 5.43 Å². The molecule has 0 amide bonds. The first kappa shape index (κ1) is 11.5. The SMILES string of the molecule is CCCC1=CC=CN(c2ccccc2NN)N1. The van der Waals surface area contributed by atoms with Crippen LogP contribution in [0.1, 0.15) is 19.8 Å². The predicted molar refractivity (Wildman–Crippen MR) is 72.0 cm³/mol. The van der Waals surface area contributed by atoms with Gasteiger partial charge in [0, 0.05) is 11.9 Å². The van der Waals surface area contributed by atoms with Crippen molar-refractivity contribution in [2.75, 3.05) is 10.4 Å². The molecule has 0 bridgehead atoms. The molecule has 1 aromatic carbocycles. The van der Waals surface area contributed by atoms with Gasteiger partial charge in [0.15, 0.2) is 0 Å². The molecule has 0 saturated carbocycles. The number of nitrogens with one attached hydrogen (secondary N) is 2. The van der Waals surface area contributed by atoms with Crippen LogP contribution < -0.4 is 21.7 Å². The number of nitrogens with zero attached hydrogens (tertiary/aromatic N) is 1. The van der Waals surface area contributed by atoms with Crippen molar-refractivity contribution in [2.24, 2.45) is 5.84 Å². The first-order chi connectivity index (χ1) is 8.35.